The summed E-state index contributed by atoms with van der Waals surface area (Å²) in [7, 11) is -1.43. The molecule has 10 nitrogen and oxygen atoms in total. The highest BCUT2D eigenvalue weighted by atomic mass is 32.2. The van der Waals surface area contributed by atoms with Crippen LogP contribution in [0.15, 0.2) is 24.5 Å². The number of carbonyl (C=O) groups is 2. The predicted molar refractivity (Wildman–Crippen MR) is 120 cm³/mol. The van der Waals surface area contributed by atoms with E-state index >= 15 is 0 Å². The van der Waals surface area contributed by atoms with Crippen LogP contribution in [0.5, 0.6) is 0 Å². The number of hydrogen-bond donors (Lipinski definition) is 2. The molecule has 1 spiro atoms. The van der Waals surface area contributed by atoms with Gasteiger partial charge in [-0.25, -0.2) is 22.3 Å². The number of ether oxygens (including phenoxy) is 1. The Morgan fingerprint density at radius 2 is 1.61 bits per heavy atom. The first kappa shape index (κ1) is 33.5. The molecule has 0 saturated carbocycles. The molecule has 218 valence electrons. The average molecular weight is 582 g/mol. The number of carboxylic acids is 2. The largest absolute Gasteiger partial charge is 0.490 e. The maximum atomic E-state index is 12.0. The number of halogens is 6. The number of piperidine rings is 1. The Labute approximate surface area is 215 Å². The molecule has 2 N–H and O–H groups in total. The Balaban J connectivity index is 0.000000426. The number of pyridine rings is 1. The normalized spacial score (nSPS) is 20.2. The van der Waals surface area contributed by atoms with Gasteiger partial charge in [0.15, 0.2) is 0 Å². The van der Waals surface area contributed by atoms with E-state index in [0.717, 1.165) is 32.5 Å². The number of likely N-dealkylation sites (tertiary alicyclic amines) is 1. The van der Waals surface area contributed by atoms with Crippen molar-refractivity contribution in [2.75, 3.05) is 46.2 Å². The molecule has 0 aromatic carbocycles. The van der Waals surface area contributed by atoms with E-state index in [1.54, 1.807) is 17.6 Å². The smallest absolute Gasteiger partial charge is 0.475 e. The summed E-state index contributed by atoms with van der Waals surface area (Å²) in [6.45, 7) is 4.76. The lowest BCUT2D eigenvalue weighted by Crippen LogP contribution is -2.45. The van der Waals surface area contributed by atoms with Gasteiger partial charge in [-0.2, -0.15) is 26.3 Å². The Bertz CT molecular complexity index is 990. The third-order valence-electron chi connectivity index (χ3n) is 6.08. The number of methoxy groups -OCH3 is 1. The summed E-state index contributed by atoms with van der Waals surface area (Å²) >= 11 is 0. The van der Waals surface area contributed by atoms with E-state index < -0.39 is 34.3 Å². The van der Waals surface area contributed by atoms with E-state index in [2.05, 4.69) is 16.0 Å². The minimum absolute atomic E-state index is 0.0600. The maximum absolute atomic E-state index is 12.0. The monoisotopic (exact) mass is 581 g/mol. The van der Waals surface area contributed by atoms with Gasteiger partial charge in [-0.05, 0) is 43.0 Å². The van der Waals surface area contributed by atoms with Gasteiger partial charge >= 0.3 is 24.3 Å². The quantitative estimate of drug-likeness (QED) is 0.503. The molecule has 2 aliphatic rings. The van der Waals surface area contributed by atoms with Crippen LogP contribution in [0.1, 0.15) is 18.4 Å². The van der Waals surface area contributed by atoms with Gasteiger partial charge in [-0.15, -0.1) is 0 Å². The SMILES string of the molecule is COCC1CN(S(C)(=O)=O)CC12CCN(Cc1cccnc1)CC2.O=C(O)C(F)(F)F.O=C(O)C(F)(F)F. The first-order chi connectivity index (χ1) is 17.3. The number of hydrogen-bond acceptors (Lipinski definition) is 7. The summed E-state index contributed by atoms with van der Waals surface area (Å²) in [4.78, 5) is 24.4. The molecule has 3 heterocycles. The topological polar surface area (TPSA) is 137 Å². The summed E-state index contributed by atoms with van der Waals surface area (Å²) in [5, 5.41) is 14.2. The predicted octanol–water partition coefficient (Wildman–Crippen LogP) is 2.47. The summed E-state index contributed by atoms with van der Waals surface area (Å²) in [6, 6.07) is 4.07. The third kappa shape index (κ3) is 10.7. The van der Waals surface area contributed by atoms with E-state index in [-0.39, 0.29) is 11.3 Å². The van der Waals surface area contributed by atoms with Crippen molar-refractivity contribution < 1.29 is 59.3 Å². The number of rotatable bonds is 5. The first-order valence-electron chi connectivity index (χ1n) is 11.0. The molecule has 3 rings (SSSR count). The second kappa shape index (κ2) is 13.5. The van der Waals surface area contributed by atoms with Crippen LogP contribution in [-0.4, -0.2) is 103 Å². The van der Waals surface area contributed by atoms with Gasteiger partial charge in [0.05, 0.1) is 12.9 Å². The fourth-order valence-electron chi connectivity index (χ4n) is 4.14. The van der Waals surface area contributed by atoms with E-state index in [9.17, 15) is 34.8 Å². The van der Waals surface area contributed by atoms with Gasteiger partial charge < -0.3 is 14.9 Å². The number of nitrogens with zero attached hydrogens (tertiary/aromatic N) is 3. The van der Waals surface area contributed by atoms with Gasteiger partial charge in [-0.1, -0.05) is 6.07 Å². The number of alkyl halides is 6. The number of aliphatic carboxylic acids is 2. The van der Waals surface area contributed by atoms with Crippen LogP contribution >= 0.6 is 0 Å². The Hall–Kier alpha value is -2.50. The van der Waals surface area contributed by atoms with Gasteiger partial charge in [0.1, 0.15) is 0 Å². The number of carboxylic acid groups (broad SMARTS) is 2. The van der Waals surface area contributed by atoms with Gasteiger partial charge in [-0.3, -0.25) is 9.88 Å². The molecule has 0 bridgehead atoms. The number of sulfonamides is 1. The molecule has 38 heavy (non-hydrogen) atoms. The molecule has 2 fully saturated rings. The molecular formula is C21H29F6N3O7S. The minimum Gasteiger partial charge on any atom is -0.475 e. The highest BCUT2D eigenvalue weighted by Crippen LogP contribution is 2.45. The lowest BCUT2D eigenvalue weighted by atomic mass is 9.71. The third-order valence-corrected chi connectivity index (χ3v) is 7.30. The maximum Gasteiger partial charge on any atom is 0.490 e. The average Bonchev–Trinajstić information content (AvgIpc) is 3.14. The van der Waals surface area contributed by atoms with E-state index in [0.29, 0.717) is 19.7 Å². The van der Waals surface area contributed by atoms with Crippen molar-refractivity contribution in [3.8, 4) is 0 Å². The molecule has 0 aliphatic carbocycles. The Morgan fingerprint density at radius 1 is 1.11 bits per heavy atom. The zero-order valence-corrected chi connectivity index (χ0v) is 21.3. The van der Waals surface area contributed by atoms with E-state index in [4.69, 9.17) is 24.5 Å². The van der Waals surface area contributed by atoms with Crippen LogP contribution in [0.2, 0.25) is 0 Å². The van der Waals surface area contributed by atoms with Crippen LogP contribution < -0.4 is 0 Å². The molecule has 1 atom stereocenters. The Morgan fingerprint density at radius 3 is 1.97 bits per heavy atom. The van der Waals surface area contributed by atoms with Crippen LogP contribution in [0.3, 0.4) is 0 Å². The lowest BCUT2D eigenvalue weighted by Gasteiger charge is -2.42. The number of aromatic nitrogens is 1. The minimum atomic E-state index is -5.08. The van der Waals surface area contributed by atoms with Gasteiger partial charge in [0.2, 0.25) is 10.0 Å². The summed E-state index contributed by atoms with van der Waals surface area (Å²) < 4.78 is 94.5. The lowest BCUT2D eigenvalue weighted by molar-refractivity contribution is -0.193. The molecule has 0 radical (unpaired) electrons. The van der Waals surface area contributed by atoms with E-state index in [1.807, 2.05) is 12.3 Å². The molecular weight excluding hydrogens is 552 g/mol. The zero-order valence-electron chi connectivity index (χ0n) is 20.5. The van der Waals surface area contributed by atoms with Crippen molar-refractivity contribution in [1.29, 1.82) is 0 Å². The van der Waals surface area contributed by atoms with Crippen molar-refractivity contribution in [2.24, 2.45) is 11.3 Å². The van der Waals surface area contributed by atoms with Crippen molar-refractivity contribution >= 4 is 22.0 Å². The van der Waals surface area contributed by atoms with Gasteiger partial charge in [0.25, 0.3) is 0 Å². The summed E-state index contributed by atoms with van der Waals surface area (Å²) in [5.74, 6) is -5.22. The van der Waals surface area contributed by atoms with Crippen molar-refractivity contribution in [1.82, 2.24) is 14.2 Å². The van der Waals surface area contributed by atoms with Crippen LogP contribution in [0.4, 0.5) is 26.3 Å². The second-order valence-corrected chi connectivity index (χ2v) is 10.8. The standard InChI is InChI=1S/C17H27N3O3S.2C2HF3O2/c1-23-13-16-12-20(24(2,21)22)14-17(16)5-8-19(9-6-17)11-15-4-3-7-18-10-15;2*3-2(4,5)1(6)7/h3-4,7,10,16H,5-6,8-9,11-14H2,1-2H3;2*(H,6,7). The molecule has 1 unspecified atom stereocenters. The molecule has 0 amide bonds. The molecule has 2 saturated heterocycles. The molecule has 2 aliphatic heterocycles. The molecule has 1 aromatic heterocycles. The van der Waals surface area contributed by atoms with Crippen molar-refractivity contribution in [3.63, 3.8) is 0 Å². The van der Waals surface area contributed by atoms with E-state index in [1.165, 1.54) is 11.8 Å². The second-order valence-electron chi connectivity index (χ2n) is 8.81. The highest BCUT2D eigenvalue weighted by molar-refractivity contribution is 7.88. The van der Waals surface area contributed by atoms with Crippen molar-refractivity contribution in [3.05, 3.63) is 30.1 Å². The highest BCUT2D eigenvalue weighted by Gasteiger charge is 2.50. The molecule has 17 heteroatoms. The van der Waals surface area contributed by atoms with Crippen LogP contribution in [0, 0.1) is 11.3 Å². The summed E-state index contributed by atoms with van der Waals surface area (Å²) in [5.41, 5.74) is 1.29. The van der Waals surface area contributed by atoms with Crippen molar-refractivity contribution in [2.45, 2.75) is 31.7 Å². The van der Waals surface area contributed by atoms with Crippen LogP contribution in [0.25, 0.3) is 0 Å². The summed E-state index contributed by atoms with van der Waals surface area (Å²) in [6.07, 6.45) is -3.10. The van der Waals surface area contributed by atoms with Gasteiger partial charge in [0, 0.05) is 45.1 Å². The molecule has 1 aromatic rings. The zero-order chi connectivity index (χ0) is 29.4. The fraction of sp³-hybridized carbons (Fsp3) is 0.667. The Kier molecular flexibility index (Phi) is 11.9. The first-order valence-corrected chi connectivity index (χ1v) is 12.8. The fourth-order valence-corrected chi connectivity index (χ4v) is 5.08. The van der Waals surface area contributed by atoms with Crippen LogP contribution in [-0.2, 0) is 30.9 Å².